The van der Waals surface area contributed by atoms with E-state index < -0.39 is 0 Å². The molecule has 4 heteroatoms. The van der Waals surface area contributed by atoms with Gasteiger partial charge < -0.3 is 9.47 Å². The Morgan fingerprint density at radius 3 is 3.00 bits per heavy atom. The van der Waals surface area contributed by atoms with Crippen LogP contribution in [0.15, 0.2) is 0 Å². The number of nitrogens with zero attached hydrogens (tertiary/aromatic N) is 1. The molecule has 12 heavy (non-hydrogen) atoms. The smallest absolute Gasteiger partial charge is 0.294 e. The van der Waals surface area contributed by atoms with E-state index in [0.717, 1.165) is 13.2 Å². The molecule has 70 valence electrons. The van der Waals surface area contributed by atoms with Crippen molar-refractivity contribution >= 4 is 6.47 Å². The second-order valence-electron chi connectivity index (χ2n) is 3.09. The van der Waals surface area contributed by atoms with Gasteiger partial charge in [0.1, 0.15) is 0 Å². The van der Waals surface area contributed by atoms with Crippen molar-refractivity contribution in [2.75, 3.05) is 19.8 Å². The van der Waals surface area contributed by atoms with E-state index in [4.69, 9.17) is 9.47 Å². The molecule has 0 saturated carbocycles. The van der Waals surface area contributed by atoms with Crippen LogP contribution in [0.4, 0.5) is 0 Å². The first-order chi connectivity index (χ1) is 5.75. The second-order valence-corrected chi connectivity index (χ2v) is 3.09. The number of carbonyl (C=O) groups is 1. The van der Waals surface area contributed by atoms with Gasteiger partial charge in [-0.15, -0.1) is 0 Å². The first kappa shape index (κ1) is 9.48. The van der Waals surface area contributed by atoms with Gasteiger partial charge in [-0.3, -0.25) is 9.69 Å². The highest BCUT2D eigenvalue weighted by Gasteiger charge is 2.25. The highest BCUT2D eigenvalue weighted by Crippen LogP contribution is 2.10. The van der Waals surface area contributed by atoms with Gasteiger partial charge in [-0.05, 0) is 13.8 Å². The molecule has 0 amide bonds. The lowest BCUT2D eigenvalue weighted by molar-refractivity contribution is -0.165. The minimum absolute atomic E-state index is 0.198. The van der Waals surface area contributed by atoms with E-state index in [9.17, 15) is 4.79 Å². The molecule has 0 unspecified atom stereocenters. The highest BCUT2D eigenvalue weighted by molar-refractivity contribution is 5.37. The van der Waals surface area contributed by atoms with Crippen molar-refractivity contribution in [3.05, 3.63) is 0 Å². The first-order valence-corrected chi connectivity index (χ1v) is 4.18. The number of carbonyl (C=O) groups excluding carboxylic acids is 1. The summed E-state index contributed by atoms with van der Waals surface area (Å²) in [6, 6.07) is 0.388. The van der Waals surface area contributed by atoms with Gasteiger partial charge in [0.05, 0.1) is 13.2 Å². The van der Waals surface area contributed by atoms with Crippen LogP contribution in [0.25, 0.3) is 0 Å². The summed E-state index contributed by atoms with van der Waals surface area (Å²) >= 11 is 0. The van der Waals surface area contributed by atoms with Crippen molar-refractivity contribution in [2.45, 2.75) is 26.1 Å². The molecule has 0 aliphatic carbocycles. The molecule has 1 rings (SSSR count). The molecule has 0 radical (unpaired) electrons. The van der Waals surface area contributed by atoms with Gasteiger partial charge in [0.2, 0.25) is 0 Å². The molecule has 1 atom stereocenters. The fraction of sp³-hybridized carbons (Fsp3) is 0.875. The summed E-state index contributed by atoms with van der Waals surface area (Å²) < 4.78 is 10.1. The average Bonchev–Trinajstić information content (AvgIpc) is 2.05. The summed E-state index contributed by atoms with van der Waals surface area (Å²) in [5.41, 5.74) is 0. The third-order valence-electron chi connectivity index (χ3n) is 2.00. The minimum Gasteiger partial charge on any atom is -0.446 e. The van der Waals surface area contributed by atoms with Crippen molar-refractivity contribution in [3.8, 4) is 0 Å². The van der Waals surface area contributed by atoms with Crippen molar-refractivity contribution in [1.29, 1.82) is 0 Å². The Hall–Kier alpha value is -0.610. The average molecular weight is 173 g/mol. The molecule has 1 saturated heterocycles. The van der Waals surface area contributed by atoms with E-state index in [1.54, 1.807) is 0 Å². The Morgan fingerprint density at radius 1 is 1.67 bits per heavy atom. The van der Waals surface area contributed by atoms with Crippen LogP contribution in [0.1, 0.15) is 13.8 Å². The van der Waals surface area contributed by atoms with Crippen LogP contribution in [0, 0.1) is 0 Å². The molecule has 0 N–H and O–H groups in total. The van der Waals surface area contributed by atoms with Crippen molar-refractivity contribution < 1.29 is 14.3 Å². The van der Waals surface area contributed by atoms with Crippen LogP contribution in [-0.2, 0) is 14.3 Å². The number of hydrogen-bond acceptors (Lipinski definition) is 4. The quantitative estimate of drug-likeness (QED) is 0.572. The minimum atomic E-state index is -0.198. The maximum Gasteiger partial charge on any atom is 0.294 e. The molecule has 0 bridgehead atoms. The van der Waals surface area contributed by atoms with E-state index in [2.05, 4.69) is 18.7 Å². The molecule has 0 aromatic heterocycles. The summed E-state index contributed by atoms with van der Waals surface area (Å²) in [7, 11) is 0. The SMILES string of the molecule is CC(C)N1CCOC[C@H]1OC=O. The number of hydrogen-bond donors (Lipinski definition) is 0. The Labute approximate surface area is 72.4 Å². The Morgan fingerprint density at radius 2 is 2.42 bits per heavy atom. The van der Waals surface area contributed by atoms with Crippen LogP contribution in [0.5, 0.6) is 0 Å². The maximum absolute atomic E-state index is 10.1. The zero-order valence-corrected chi connectivity index (χ0v) is 7.53. The van der Waals surface area contributed by atoms with Crippen LogP contribution < -0.4 is 0 Å². The van der Waals surface area contributed by atoms with Gasteiger partial charge in [0, 0.05) is 12.6 Å². The van der Waals surface area contributed by atoms with Crippen LogP contribution >= 0.6 is 0 Å². The first-order valence-electron chi connectivity index (χ1n) is 4.18. The van der Waals surface area contributed by atoms with Gasteiger partial charge in [-0.2, -0.15) is 0 Å². The predicted octanol–water partition coefficient (Wildman–Crippen LogP) is 0.226. The van der Waals surface area contributed by atoms with E-state index in [-0.39, 0.29) is 6.23 Å². The Balaban J connectivity index is 2.47. The Kier molecular flexibility index (Phi) is 3.49. The highest BCUT2D eigenvalue weighted by atomic mass is 16.6. The lowest BCUT2D eigenvalue weighted by atomic mass is 10.3. The fourth-order valence-corrected chi connectivity index (χ4v) is 1.37. The largest absolute Gasteiger partial charge is 0.446 e. The van der Waals surface area contributed by atoms with Gasteiger partial charge >= 0.3 is 0 Å². The second kappa shape index (κ2) is 4.42. The van der Waals surface area contributed by atoms with Crippen molar-refractivity contribution in [3.63, 3.8) is 0 Å². The third-order valence-corrected chi connectivity index (χ3v) is 2.00. The molecular weight excluding hydrogens is 158 g/mol. The van der Waals surface area contributed by atoms with E-state index >= 15 is 0 Å². The van der Waals surface area contributed by atoms with Gasteiger partial charge in [0.15, 0.2) is 6.23 Å². The molecule has 1 heterocycles. The molecule has 1 fully saturated rings. The molecule has 0 spiro atoms. The van der Waals surface area contributed by atoms with Crippen molar-refractivity contribution in [2.24, 2.45) is 0 Å². The zero-order chi connectivity index (χ0) is 8.97. The lowest BCUT2D eigenvalue weighted by Gasteiger charge is -2.36. The maximum atomic E-state index is 10.1. The van der Waals surface area contributed by atoms with Gasteiger partial charge in [-0.25, -0.2) is 0 Å². The molecule has 1 aliphatic heterocycles. The van der Waals surface area contributed by atoms with E-state index in [1.807, 2.05) is 0 Å². The topological polar surface area (TPSA) is 38.8 Å². The predicted molar refractivity (Wildman–Crippen MR) is 43.6 cm³/mol. The summed E-state index contributed by atoms with van der Waals surface area (Å²) in [6.07, 6.45) is -0.198. The normalized spacial score (nSPS) is 25.8. The molecule has 4 nitrogen and oxygen atoms in total. The molecule has 1 aliphatic rings. The number of ether oxygens (including phenoxy) is 2. The Bertz CT molecular complexity index is 149. The van der Waals surface area contributed by atoms with E-state index in [0.29, 0.717) is 19.1 Å². The summed E-state index contributed by atoms with van der Waals surface area (Å²) in [5.74, 6) is 0. The lowest BCUT2D eigenvalue weighted by Crippen LogP contribution is -2.50. The summed E-state index contributed by atoms with van der Waals surface area (Å²) in [4.78, 5) is 12.2. The van der Waals surface area contributed by atoms with Crippen LogP contribution in [-0.4, -0.2) is 43.4 Å². The standard InChI is InChI=1S/C8H15NO3/c1-7(2)9-3-4-11-5-8(9)12-6-10/h6-8H,3-5H2,1-2H3/t8-/m1/s1. The summed E-state index contributed by atoms with van der Waals surface area (Å²) in [6.45, 7) is 6.66. The van der Waals surface area contributed by atoms with Crippen LogP contribution in [0.2, 0.25) is 0 Å². The third kappa shape index (κ3) is 2.19. The zero-order valence-electron chi connectivity index (χ0n) is 7.53. The van der Waals surface area contributed by atoms with Gasteiger partial charge in [0.25, 0.3) is 6.47 Å². The summed E-state index contributed by atoms with van der Waals surface area (Å²) in [5, 5.41) is 0. The molecule has 0 aromatic rings. The molecule has 0 aromatic carbocycles. The number of rotatable bonds is 3. The molecular formula is C8H15NO3. The van der Waals surface area contributed by atoms with Gasteiger partial charge in [-0.1, -0.05) is 0 Å². The van der Waals surface area contributed by atoms with E-state index in [1.165, 1.54) is 0 Å². The fourth-order valence-electron chi connectivity index (χ4n) is 1.37. The van der Waals surface area contributed by atoms with Crippen LogP contribution in [0.3, 0.4) is 0 Å². The number of morpholine rings is 1. The monoisotopic (exact) mass is 173 g/mol. The van der Waals surface area contributed by atoms with Crippen molar-refractivity contribution in [1.82, 2.24) is 4.90 Å².